The average Bonchev–Trinajstić information content (AvgIpc) is 3.41. The zero-order chi connectivity index (χ0) is 38.7. The van der Waals surface area contributed by atoms with Crippen LogP contribution in [0.1, 0.15) is 31.1 Å². The van der Waals surface area contributed by atoms with E-state index in [4.69, 9.17) is 26.0 Å². The van der Waals surface area contributed by atoms with Crippen molar-refractivity contribution < 1.29 is 65.6 Å². The van der Waals surface area contributed by atoms with Gasteiger partial charge in [-0.25, -0.2) is 18.5 Å². The molecule has 1 amide bonds. The van der Waals surface area contributed by atoms with E-state index in [0.29, 0.717) is 24.3 Å². The molecule has 4 aromatic rings. The predicted octanol–water partition coefficient (Wildman–Crippen LogP) is 0.896. The lowest BCUT2D eigenvalue weighted by molar-refractivity contribution is -0.645. The molecule has 1 aliphatic heterocycles. The number of nitrogens with two attached hydrogens (primary N) is 2. The first-order chi connectivity index (χ1) is 24.8. The summed E-state index contributed by atoms with van der Waals surface area (Å²) in [5.74, 6) is -0.256. The molecule has 286 valence electrons. The molecule has 3 heterocycles. The lowest BCUT2D eigenvalue weighted by Crippen LogP contribution is -2.36. The zero-order valence-electron chi connectivity index (χ0n) is 27.5. The second-order valence-electron chi connectivity index (χ2n) is 11.8. The molecule has 1 saturated heterocycles. The fourth-order valence-corrected chi connectivity index (χ4v) is 8.59. The molecule has 21 nitrogen and oxygen atoms in total. The number of rotatable bonds is 15. The highest BCUT2D eigenvalue weighted by Crippen LogP contribution is 2.66. The third-order valence-corrected chi connectivity index (χ3v) is 11.6. The predicted molar refractivity (Wildman–Crippen MR) is 187 cm³/mol. The van der Waals surface area contributed by atoms with Gasteiger partial charge in [-0.15, -0.1) is 0 Å². The first kappa shape index (κ1) is 40.1. The lowest BCUT2D eigenvalue weighted by Gasteiger charge is -2.19. The van der Waals surface area contributed by atoms with Crippen LogP contribution < -0.4 is 32.6 Å². The highest BCUT2D eigenvalue weighted by Gasteiger charge is 2.43. The van der Waals surface area contributed by atoms with Crippen LogP contribution in [0, 0.1) is 0 Å². The topological polar surface area (TPSA) is 329 Å². The number of nitrogen functional groups attached to an aromatic ring is 2. The van der Waals surface area contributed by atoms with Crippen molar-refractivity contribution in [3.8, 4) is 0 Å². The number of phosphoric acid groups is 3. The number of H-pyrrole nitrogens is 1. The Morgan fingerprint density at radius 1 is 1.00 bits per heavy atom. The van der Waals surface area contributed by atoms with Gasteiger partial charge in [0.1, 0.15) is 18.9 Å². The number of ether oxygens (including phenoxy) is 1. The van der Waals surface area contributed by atoms with Gasteiger partial charge in [0, 0.05) is 66.3 Å². The Morgan fingerprint density at radius 3 is 2.26 bits per heavy atom. The second kappa shape index (κ2) is 16.1. The zero-order valence-corrected chi connectivity index (χ0v) is 30.1. The fraction of sp³-hybridized carbons (Fsp3) is 0.310. The molecule has 0 spiro atoms. The van der Waals surface area contributed by atoms with Crippen molar-refractivity contribution in [2.24, 2.45) is 0 Å². The van der Waals surface area contributed by atoms with E-state index in [9.17, 15) is 43.0 Å². The maximum atomic E-state index is 12.7. The average molecular weight is 802 g/mol. The number of fused-ring (bicyclic) bond motifs is 2. The lowest BCUT2D eigenvalue weighted by atomic mass is 10.1. The normalized spacial score (nSPS) is 20.1. The number of phosphoric ester groups is 1. The van der Waals surface area contributed by atoms with Crippen molar-refractivity contribution >= 4 is 68.6 Å². The number of aryl methyl sites for hydroxylation is 1. The number of carbonyl (C=O) groups is 1. The molecule has 2 aromatic heterocycles. The number of nitrogens with one attached hydrogen (secondary N) is 2. The molecule has 53 heavy (non-hydrogen) atoms. The molecule has 0 radical (unpaired) electrons. The van der Waals surface area contributed by atoms with Gasteiger partial charge >= 0.3 is 29.2 Å². The summed E-state index contributed by atoms with van der Waals surface area (Å²) < 4.78 is 54.6. The Morgan fingerprint density at radius 2 is 1.64 bits per heavy atom. The van der Waals surface area contributed by atoms with E-state index in [2.05, 4.69) is 28.0 Å². The van der Waals surface area contributed by atoms with Gasteiger partial charge in [-0.3, -0.25) is 23.7 Å². The first-order valence-corrected chi connectivity index (χ1v) is 20.1. The number of aromatic nitrogens is 3. The summed E-state index contributed by atoms with van der Waals surface area (Å²) in [6.07, 6.45) is 0.292. The van der Waals surface area contributed by atoms with Crippen LogP contribution in [-0.2, 0) is 42.9 Å². The van der Waals surface area contributed by atoms with Gasteiger partial charge in [-0.1, -0.05) is 12.2 Å². The Balaban J connectivity index is 1.15. The quantitative estimate of drug-likeness (QED) is 0.0349. The minimum atomic E-state index is -5.76. The van der Waals surface area contributed by atoms with Crippen LogP contribution >= 0.6 is 23.5 Å². The van der Waals surface area contributed by atoms with E-state index in [1.807, 2.05) is 42.5 Å². The molecule has 1 fully saturated rings. The number of benzene rings is 2. The number of aliphatic hydroxyl groups excluding tert-OH is 1. The molecule has 2 aromatic carbocycles. The van der Waals surface area contributed by atoms with Gasteiger partial charge in [-0.05, 0) is 30.3 Å². The smallest absolute Gasteiger partial charge is 0.399 e. The Hall–Kier alpha value is -4.07. The minimum absolute atomic E-state index is 0.0218. The van der Waals surface area contributed by atoms with Crippen molar-refractivity contribution in [3.05, 3.63) is 81.1 Å². The third-order valence-electron chi connectivity index (χ3n) is 7.83. The summed E-state index contributed by atoms with van der Waals surface area (Å²) in [7, 11) is -16.9. The summed E-state index contributed by atoms with van der Waals surface area (Å²) in [6, 6.07) is 13.3. The van der Waals surface area contributed by atoms with Crippen LogP contribution in [0.4, 0.5) is 11.4 Å². The van der Waals surface area contributed by atoms with E-state index >= 15 is 0 Å². The number of nitrogens with zero attached hydrogens (tertiary/aromatic N) is 2. The summed E-state index contributed by atoms with van der Waals surface area (Å²) in [4.78, 5) is 76.0. The number of hydrogen-bond donors (Lipinski definition) is 9. The number of amides is 1. The van der Waals surface area contributed by atoms with Crippen molar-refractivity contribution in [1.82, 2.24) is 14.9 Å². The van der Waals surface area contributed by atoms with E-state index in [1.54, 1.807) is 0 Å². The number of carbonyl (C=O) groups excluding carboxylic acids is 1. The Labute approximate surface area is 298 Å². The minimum Gasteiger partial charge on any atom is -0.399 e. The molecule has 5 rings (SSSR count). The van der Waals surface area contributed by atoms with Crippen LogP contribution in [0.3, 0.4) is 0 Å². The van der Waals surface area contributed by atoms with Crippen LogP contribution in [0.5, 0.6) is 0 Å². The second-order valence-corrected chi connectivity index (χ2v) is 16.2. The van der Waals surface area contributed by atoms with Crippen LogP contribution in [0.25, 0.3) is 27.9 Å². The highest BCUT2D eigenvalue weighted by molar-refractivity contribution is 7.66. The molecule has 5 atom stereocenters. The van der Waals surface area contributed by atoms with Gasteiger partial charge < -0.3 is 46.2 Å². The number of hydrogen-bond acceptors (Lipinski definition) is 13. The number of pyridine rings is 1. The molecule has 0 aliphatic carbocycles. The van der Waals surface area contributed by atoms with Gasteiger partial charge in [0.25, 0.3) is 5.56 Å². The van der Waals surface area contributed by atoms with Gasteiger partial charge in [0.15, 0.2) is 0 Å². The van der Waals surface area contributed by atoms with Crippen LogP contribution in [0.15, 0.2) is 64.3 Å². The summed E-state index contributed by atoms with van der Waals surface area (Å²) in [5, 5.41) is 15.1. The van der Waals surface area contributed by atoms with E-state index < -0.39 is 59.8 Å². The van der Waals surface area contributed by atoms with Crippen molar-refractivity contribution in [1.29, 1.82) is 0 Å². The number of aromatic amines is 1. The maximum Gasteiger partial charge on any atom is 0.490 e. The van der Waals surface area contributed by atoms with Crippen molar-refractivity contribution in [3.63, 3.8) is 0 Å². The van der Waals surface area contributed by atoms with Crippen molar-refractivity contribution in [2.45, 2.75) is 44.2 Å². The van der Waals surface area contributed by atoms with Gasteiger partial charge in [-0.2, -0.15) is 13.2 Å². The first-order valence-electron chi connectivity index (χ1n) is 15.6. The van der Waals surface area contributed by atoms with E-state index in [-0.39, 0.29) is 30.9 Å². The van der Waals surface area contributed by atoms with E-state index in [1.165, 1.54) is 12.2 Å². The molecule has 2 unspecified atom stereocenters. The fourth-order valence-electron chi connectivity index (χ4n) is 5.56. The third kappa shape index (κ3) is 10.8. The van der Waals surface area contributed by atoms with Crippen LogP contribution in [0.2, 0.25) is 0 Å². The molecule has 0 saturated carbocycles. The summed E-state index contributed by atoms with van der Waals surface area (Å²) in [5.41, 5.74) is 13.4. The van der Waals surface area contributed by atoms with Crippen molar-refractivity contribution in [2.75, 3.05) is 24.6 Å². The molecule has 0 bridgehead atoms. The molecule has 1 aliphatic rings. The molecular weight excluding hydrogens is 765 g/mol. The van der Waals surface area contributed by atoms with Gasteiger partial charge in [0.05, 0.1) is 18.3 Å². The standard InChI is InChI=1S/C29H35N6O15P3/c30-20-7-5-17-11-18-6-8-21(31)13-23(18)34(22(17)12-20)10-2-4-26(37)32-9-1-3-19-15-35(29(39)33-28(19)38)27-14-24(36)25(48-27)16-47-52(43,44)50-53(45,46)49-51(40,41)42/h1,3,5-8,11-13,15,24-25,27,36H,2,4,9-10,14,16H2,(H9,30,31,32,33,37,38,39,40,41,42,43,44,45,46)/p+1/b3-1+/t24-,25+,27+/m0/s1. The summed E-state index contributed by atoms with van der Waals surface area (Å²) >= 11 is 0. The number of aliphatic hydroxyl groups is 1. The Kier molecular flexibility index (Phi) is 12.2. The van der Waals surface area contributed by atoms with E-state index in [0.717, 1.165) is 32.6 Å². The van der Waals surface area contributed by atoms with Gasteiger partial charge in [0.2, 0.25) is 16.9 Å². The highest BCUT2D eigenvalue weighted by atomic mass is 31.3. The molecule has 24 heteroatoms. The van der Waals surface area contributed by atoms with Crippen LogP contribution in [-0.4, -0.2) is 65.5 Å². The monoisotopic (exact) mass is 801 g/mol. The number of anilines is 2. The Bertz CT molecular complexity index is 2270. The maximum absolute atomic E-state index is 12.7. The SMILES string of the molecule is Nc1ccc2cc3ccc(N)cc3[n+](CCCC(=O)NC/C=C/c3cn([C@H]4C[C@H](O)[C@@H](COP(=O)(O)OP(=O)(O)OP(=O)(O)O)O4)c(=O)[nH]c3=O)c2c1. The summed E-state index contributed by atoms with van der Waals surface area (Å²) in [6.45, 7) is -0.416. The largest absolute Gasteiger partial charge is 0.490 e. The molecule has 11 N–H and O–H groups in total. The molecular formula is C29H36N6O15P3+.